The van der Waals surface area contributed by atoms with Crippen LogP contribution < -0.4 is 4.90 Å². The third-order valence-corrected chi connectivity index (χ3v) is 5.24. The molecule has 0 N–H and O–H groups in total. The molecule has 1 aromatic heterocycles. The molecule has 2 heterocycles. The molecule has 0 radical (unpaired) electrons. The van der Waals surface area contributed by atoms with Gasteiger partial charge in [-0.2, -0.15) is 0 Å². The lowest BCUT2D eigenvalue weighted by atomic mass is 9.98. The molecule has 2 amide bonds. The monoisotopic (exact) mass is 344 g/mol. The number of aryl methyl sites for hydroxylation is 1. The van der Waals surface area contributed by atoms with Gasteiger partial charge in [-0.25, -0.2) is 4.90 Å². The number of pyridine rings is 1. The van der Waals surface area contributed by atoms with Gasteiger partial charge in [0.1, 0.15) is 0 Å². The van der Waals surface area contributed by atoms with E-state index in [0.29, 0.717) is 28.4 Å². The number of imide groups is 1. The summed E-state index contributed by atoms with van der Waals surface area (Å²) in [7, 11) is 0. The van der Waals surface area contributed by atoms with E-state index in [9.17, 15) is 9.59 Å². The maximum atomic E-state index is 13.1. The number of para-hydroxylation sites is 1. The first-order chi connectivity index (χ1) is 12.5. The van der Waals surface area contributed by atoms with Crippen LogP contribution in [0.3, 0.4) is 0 Å². The summed E-state index contributed by atoms with van der Waals surface area (Å²) in [4.78, 5) is 31.9. The normalized spacial score (nSPS) is 14.8. The topological polar surface area (TPSA) is 50.3 Å². The van der Waals surface area contributed by atoms with Crippen LogP contribution in [0, 0.1) is 6.92 Å². The first-order valence-corrected chi connectivity index (χ1v) is 8.91. The molecule has 130 valence electrons. The number of hydrogen-bond donors (Lipinski definition) is 0. The van der Waals surface area contributed by atoms with Gasteiger partial charge in [-0.1, -0.05) is 44.2 Å². The molecular formula is C22H20N2O2. The van der Waals surface area contributed by atoms with E-state index < -0.39 is 0 Å². The number of nitrogens with zero attached hydrogens (tertiary/aromatic N) is 2. The number of carbonyl (C=O) groups is 2. The Morgan fingerprint density at radius 2 is 1.62 bits per heavy atom. The molecule has 0 aliphatic carbocycles. The summed E-state index contributed by atoms with van der Waals surface area (Å²) < 4.78 is 0. The van der Waals surface area contributed by atoms with Crippen molar-refractivity contribution in [2.75, 3.05) is 4.90 Å². The van der Waals surface area contributed by atoms with Crippen molar-refractivity contribution in [3.63, 3.8) is 0 Å². The summed E-state index contributed by atoms with van der Waals surface area (Å²) in [5.74, 6) is -0.123. The van der Waals surface area contributed by atoms with Crippen molar-refractivity contribution in [3.05, 3.63) is 70.9 Å². The van der Waals surface area contributed by atoms with E-state index >= 15 is 0 Å². The number of fused-ring (bicyclic) bond motifs is 3. The molecule has 4 nitrogen and oxygen atoms in total. The molecule has 0 saturated carbocycles. The molecule has 2 aromatic carbocycles. The lowest BCUT2D eigenvalue weighted by Gasteiger charge is -2.16. The molecule has 4 rings (SSSR count). The van der Waals surface area contributed by atoms with E-state index in [1.165, 1.54) is 10.5 Å². The van der Waals surface area contributed by atoms with Gasteiger partial charge in [-0.3, -0.25) is 14.6 Å². The second kappa shape index (κ2) is 6.06. The molecule has 1 aliphatic heterocycles. The van der Waals surface area contributed by atoms with Crippen molar-refractivity contribution >= 4 is 28.4 Å². The maximum Gasteiger partial charge on any atom is 0.268 e. The van der Waals surface area contributed by atoms with Crippen LogP contribution in [0.5, 0.6) is 0 Å². The van der Waals surface area contributed by atoms with Crippen LogP contribution in [0.2, 0.25) is 0 Å². The number of rotatable bonds is 3. The number of benzene rings is 2. The smallest absolute Gasteiger partial charge is 0.268 e. The second-order valence-corrected chi connectivity index (χ2v) is 6.81. The van der Waals surface area contributed by atoms with E-state index in [-0.39, 0.29) is 11.8 Å². The van der Waals surface area contributed by atoms with Crippen LogP contribution in [-0.4, -0.2) is 16.8 Å². The van der Waals surface area contributed by atoms with Crippen LogP contribution in [0.1, 0.15) is 58.2 Å². The summed E-state index contributed by atoms with van der Waals surface area (Å²) in [5, 5.41) is 0.727. The highest BCUT2D eigenvalue weighted by Gasteiger charge is 2.39. The van der Waals surface area contributed by atoms with Crippen LogP contribution >= 0.6 is 0 Å². The van der Waals surface area contributed by atoms with E-state index in [1.807, 2.05) is 48.5 Å². The highest BCUT2D eigenvalue weighted by atomic mass is 16.2. The minimum atomic E-state index is -0.294. The predicted molar refractivity (Wildman–Crippen MR) is 103 cm³/mol. The molecule has 0 fully saturated rings. The van der Waals surface area contributed by atoms with Gasteiger partial charge in [-0.15, -0.1) is 0 Å². The van der Waals surface area contributed by atoms with Crippen LogP contribution in [0.15, 0.2) is 48.5 Å². The SMILES string of the molecule is CC[C@H](C)c1ccc(N2C(=O)c3c(C)nc4ccccc4c3C2=O)cc1. The summed E-state index contributed by atoms with van der Waals surface area (Å²) >= 11 is 0. The van der Waals surface area contributed by atoms with Crippen molar-refractivity contribution < 1.29 is 9.59 Å². The zero-order valence-electron chi connectivity index (χ0n) is 15.1. The Balaban J connectivity index is 1.83. The molecule has 3 aromatic rings. The molecule has 1 atom stereocenters. The zero-order valence-corrected chi connectivity index (χ0v) is 15.1. The Morgan fingerprint density at radius 1 is 0.962 bits per heavy atom. The van der Waals surface area contributed by atoms with Gasteiger partial charge < -0.3 is 0 Å². The second-order valence-electron chi connectivity index (χ2n) is 6.81. The first-order valence-electron chi connectivity index (χ1n) is 8.91. The summed E-state index contributed by atoms with van der Waals surface area (Å²) in [6.45, 7) is 6.09. The average molecular weight is 344 g/mol. The molecule has 1 aliphatic rings. The molecule has 0 unspecified atom stereocenters. The highest BCUT2D eigenvalue weighted by Crippen LogP contribution is 2.34. The van der Waals surface area contributed by atoms with Crippen molar-refractivity contribution in [1.82, 2.24) is 4.98 Å². The summed E-state index contributed by atoms with van der Waals surface area (Å²) in [6.07, 6.45) is 1.04. The van der Waals surface area contributed by atoms with Gasteiger partial charge in [0.05, 0.1) is 28.0 Å². The number of aromatic nitrogens is 1. The molecule has 0 spiro atoms. The number of hydrogen-bond acceptors (Lipinski definition) is 3. The van der Waals surface area contributed by atoms with Crippen LogP contribution in [0.4, 0.5) is 5.69 Å². The number of amides is 2. The van der Waals surface area contributed by atoms with Crippen LogP contribution in [-0.2, 0) is 0 Å². The maximum absolute atomic E-state index is 13.1. The van der Waals surface area contributed by atoms with E-state index in [4.69, 9.17) is 0 Å². The van der Waals surface area contributed by atoms with Gasteiger partial charge in [0.15, 0.2) is 0 Å². The minimum Gasteiger partial charge on any atom is -0.268 e. The fourth-order valence-electron chi connectivity index (χ4n) is 3.56. The van der Waals surface area contributed by atoms with Gasteiger partial charge in [0.2, 0.25) is 0 Å². The predicted octanol–water partition coefficient (Wildman–Crippen LogP) is 4.86. The lowest BCUT2D eigenvalue weighted by molar-refractivity contribution is 0.0926. The van der Waals surface area contributed by atoms with Crippen LogP contribution in [0.25, 0.3) is 10.9 Å². The lowest BCUT2D eigenvalue weighted by Crippen LogP contribution is -2.29. The summed E-state index contributed by atoms with van der Waals surface area (Å²) in [5.41, 5.74) is 4.02. The average Bonchev–Trinajstić information content (AvgIpc) is 2.93. The Morgan fingerprint density at radius 3 is 2.31 bits per heavy atom. The molecule has 0 bridgehead atoms. The highest BCUT2D eigenvalue weighted by molar-refractivity contribution is 6.37. The molecular weight excluding hydrogens is 324 g/mol. The van der Waals surface area contributed by atoms with Crippen molar-refractivity contribution in [2.45, 2.75) is 33.1 Å². The van der Waals surface area contributed by atoms with E-state index in [0.717, 1.165) is 17.3 Å². The standard InChI is InChI=1S/C22H20N2O2/c1-4-13(2)15-9-11-16(12-10-15)24-21(25)19-14(3)23-18-8-6-5-7-17(18)20(19)22(24)26/h5-13H,4H2,1-3H3/t13-/m0/s1. The van der Waals surface area contributed by atoms with Crippen molar-refractivity contribution in [3.8, 4) is 0 Å². The number of anilines is 1. The third kappa shape index (κ3) is 2.33. The first kappa shape index (κ1) is 16.5. The Bertz CT molecular complexity index is 1040. The van der Waals surface area contributed by atoms with Gasteiger partial charge in [-0.05, 0) is 43.0 Å². The fraction of sp³-hybridized carbons (Fsp3) is 0.227. The van der Waals surface area contributed by atoms with Gasteiger partial charge >= 0.3 is 0 Å². The van der Waals surface area contributed by atoms with E-state index in [1.54, 1.807) is 6.92 Å². The molecule has 4 heteroatoms. The quantitative estimate of drug-likeness (QED) is 0.638. The zero-order chi connectivity index (χ0) is 18.4. The molecule has 26 heavy (non-hydrogen) atoms. The molecule has 0 saturated heterocycles. The van der Waals surface area contributed by atoms with Gasteiger partial charge in [0.25, 0.3) is 11.8 Å². The summed E-state index contributed by atoms with van der Waals surface area (Å²) in [6, 6.07) is 15.2. The Hall–Kier alpha value is -3.01. The van der Waals surface area contributed by atoms with Crippen molar-refractivity contribution in [1.29, 1.82) is 0 Å². The third-order valence-electron chi connectivity index (χ3n) is 5.24. The van der Waals surface area contributed by atoms with E-state index in [2.05, 4.69) is 18.8 Å². The number of carbonyl (C=O) groups excluding carboxylic acids is 2. The Kier molecular flexibility index (Phi) is 3.83. The Labute approximate surface area is 152 Å². The largest absolute Gasteiger partial charge is 0.268 e. The fourth-order valence-corrected chi connectivity index (χ4v) is 3.56. The van der Waals surface area contributed by atoms with Crippen molar-refractivity contribution in [2.24, 2.45) is 0 Å². The minimum absolute atomic E-state index is 0.275. The van der Waals surface area contributed by atoms with Gasteiger partial charge in [0, 0.05) is 5.39 Å².